The number of rotatable bonds is 5. The number of carbonyl (C=O) groups is 1. The Hall–Kier alpha value is -2.65. The number of esters is 1. The van der Waals surface area contributed by atoms with Gasteiger partial charge in [-0.2, -0.15) is 10.4 Å². The molecule has 1 aromatic carbocycles. The number of nitriles is 1. The zero-order valence-corrected chi connectivity index (χ0v) is 14.3. The Kier molecular flexibility index (Phi) is 5.46. The van der Waals surface area contributed by atoms with Crippen molar-refractivity contribution in [2.75, 3.05) is 13.2 Å². The molecule has 6 nitrogen and oxygen atoms in total. The first-order valence-electron chi connectivity index (χ1n) is 8.58. The van der Waals surface area contributed by atoms with E-state index in [0.717, 1.165) is 37.1 Å². The standard InChI is InChI=1S/C19H21N3O3/c1-2-24-19(23)17-11-18(15-8-6-14(12-20)7-9-15)22(21-17)13-16-5-3-4-10-25-16/h6-9,11,16H,2-5,10,13H2,1H3. The van der Waals surface area contributed by atoms with E-state index in [9.17, 15) is 4.79 Å². The Balaban J connectivity index is 1.92. The predicted molar refractivity (Wildman–Crippen MR) is 91.9 cm³/mol. The van der Waals surface area contributed by atoms with E-state index in [-0.39, 0.29) is 11.8 Å². The van der Waals surface area contributed by atoms with Crippen molar-refractivity contribution in [3.63, 3.8) is 0 Å². The molecular weight excluding hydrogens is 318 g/mol. The number of carbonyl (C=O) groups excluding carboxylic acids is 1. The van der Waals surface area contributed by atoms with Crippen molar-refractivity contribution >= 4 is 5.97 Å². The second-order valence-corrected chi connectivity index (χ2v) is 6.00. The molecule has 1 aliphatic heterocycles. The van der Waals surface area contributed by atoms with Gasteiger partial charge in [0.1, 0.15) is 0 Å². The minimum Gasteiger partial charge on any atom is -0.461 e. The number of hydrogen-bond acceptors (Lipinski definition) is 5. The zero-order valence-electron chi connectivity index (χ0n) is 14.3. The maximum Gasteiger partial charge on any atom is 0.358 e. The van der Waals surface area contributed by atoms with E-state index in [1.54, 1.807) is 25.1 Å². The maximum atomic E-state index is 12.1. The van der Waals surface area contributed by atoms with Gasteiger partial charge in [0, 0.05) is 6.61 Å². The second-order valence-electron chi connectivity index (χ2n) is 6.00. The Morgan fingerprint density at radius 3 is 2.84 bits per heavy atom. The molecule has 1 aromatic heterocycles. The van der Waals surface area contributed by atoms with Gasteiger partial charge in [0.25, 0.3) is 0 Å². The van der Waals surface area contributed by atoms with Crippen molar-refractivity contribution in [3.05, 3.63) is 41.6 Å². The van der Waals surface area contributed by atoms with Gasteiger partial charge in [-0.25, -0.2) is 4.79 Å². The van der Waals surface area contributed by atoms with Crippen LogP contribution in [0.4, 0.5) is 0 Å². The Bertz CT molecular complexity index is 768. The average molecular weight is 339 g/mol. The number of nitrogens with zero attached hydrogens (tertiary/aromatic N) is 3. The highest BCUT2D eigenvalue weighted by molar-refractivity contribution is 5.88. The van der Waals surface area contributed by atoms with E-state index in [0.29, 0.717) is 18.7 Å². The lowest BCUT2D eigenvalue weighted by atomic mass is 10.1. The average Bonchev–Trinajstić information content (AvgIpc) is 3.07. The first-order valence-corrected chi connectivity index (χ1v) is 8.58. The molecule has 0 saturated carbocycles. The van der Waals surface area contributed by atoms with Gasteiger partial charge in [-0.1, -0.05) is 12.1 Å². The summed E-state index contributed by atoms with van der Waals surface area (Å²) < 4.78 is 12.7. The van der Waals surface area contributed by atoms with Crippen molar-refractivity contribution in [1.29, 1.82) is 5.26 Å². The summed E-state index contributed by atoms with van der Waals surface area (Å²) in [5.41, 5.74) is 2.60. The Morgan fingerprint density at radius 1 is 1.40 bits per heavy atom. The molecule has 0 radical (unpaired) electrons. The number of benzene rings is 1. The summed E-state index contributed by atoms with van der Waals surface area (Å²) in [6.45, 7) is 3.44. The van der Waals surface area contributed by atoms with Crippen molar-refractivity contribution < 1.29 is 14.3 Å². The summed E-state index contributed by atoms with van der Waals surface area (Å²) in [5, 5.41) is 13.4. The summed E-state index contributed by atoms with van der Waals surface area (Å²) in [7, 11) is 0. The summed E-state index contributed by atoms with van der Waals surface area (Å²) >= 11 is 0. The van der Waals surface area contributed by atoms with E-state index < -0.39 is 5.97 Å². The minimum atomic E-state index is -0.430. The molecule has 1 aliphatic rings. The highest BCUT2D eigenvalue weighted by Crippen LogP contribution is 2.24. The van der Waals surface area contributed by atoms with Crippen LogP contribution < -0.4 is 0 Å². The smallest absolute Gasteiger partial charge is 0.358 e. The van der Waals surface area contributed by atoms with Gasteiger partial charge in [-0.3, -0.25) is 4.68 Å². The SMILES string of the molecule is CCOC(=O)c1cc(-c2ccc(C#N)cc2)n(CC2CCCCO2)n1. The summed E-state index contributed by atoms with van der Waals surface area (Å²) in [6.07, 6.45) is 3.32. The minimum absolute atomic E-state index is 0.0980. The van der Waals surface area contributed by atoms with Crippen LogP contribution in [0.25, 0.3) is 11.3 Å². The van der Waals surface area contributed by atoms with E-state index in [2.05, 4.69) is 11.2 Å². The molecular formula is C19H21N3O3. The largest absolute Gasteiger partial charge is 0.461 e. The monoisotopic (exact) mass is 339 g/mol. The molecule has 1 unspecified atom stereocenters. The first-order chi connectivity index (χ1) is 12.2. The molecule has 0 aliphatic carbocycles. The lowest BCUT2D eigenvalue weighted by molar-refractivity contribution is 0.00411. The summed E-state index contributed by atoms with van der Waals surface area (Å²) in [5.74, 6) is -0.430. The van der Waals surface area contributed by atoms with Crippen molar-refractivity contribution in [2.45, 2.75) is 38.8 Å². The molecule has 0 bridgehead atoms. The first kappa shape index (κ1) is 17.2. The highest BCUT2D eigenvalue weighted by Gasteiger charge is 2.21. The number of hydrogen-bond donors (Lipinski definition) is 0. The Labute approximate surface area is 147 Å². The van der Waals surface area contributed by atoms with Gasteiger partial charge in [-0.15, -0.1) is 0 Å². The second kappa shape index (κ2) is 7.95. The van der Waals surface area contributed by atoms with Crippen LogP contribution in [-0.4, -0.2) is 35.1 Å². The lowest BCUT2D eigenvalue weighted by Crippen LogP contribution is -2.25. The molecule has 25 heavy (non-hydrogen) atoms. The predicted octanol–water partition coefficient (Wildman–Crippen LogP) is 3.17. The van der Waals surface area contributed by atoms with Gasteiger partial charge in [-0.05, 0) is 49.9 Å². The lowest BCUT2D eigenvalue weighted by Gasteiger charge is -2.23. The van der Waals surface area contributed by atoms with Crippen molar-refractivity contribution in [1.82, 2.24) is 9.78 Å². The van der Waals surface area contributed by atoms with E-state index >= 15 is 0 Å². The van der Waals surface area contributed by atoms with Crippen LogP contribution in [0.5, 0.6) is 0 Å². The van der Waals surface area contributed by atoms with E-state index in [1.165, 1.54) is 0 Å². The quantitative estimate of drug-likeness (QED) is 0.782. The fourth-order valence-electron chi connectivity index (χ4n) is 2.95. The third-order valence-corrected chi connectivity index (χ3v) is 4.22. The molecule has 130 valence electrons. The molecule has 1 atom stereocenters. The van der Waals surface area contributed by atoms with Crippen LogP contribution in [-0.2, 0) is 16.0 Å². The van der Waals surface area contributed by atoms with Crippen LogP contribution in [0.2, 0.25) is 0 Å². The molecule has 1 fully saturated rings. The van der Waals surface area contributed by atoms with E-state index in [4.69, 9.17) is 14.7 Å². The van der Waals surface area contributed by atoms with Crippen LogP contribution in [0.3, 0.4) is 0 Å². The molecule has 6 heteroatoms. The molecule has 0 amide bonds. The van der Waals surface area contributed by atoms with E-state index in [1.807, 2.05) is 16.8 Å². The molecule has 3 rings (SSSR count). The highest BCUT2D eigenvalue weighted by atomic mass is 16.5. The molecule has 0 N–H and O–H groups in total. The summed E-state index contributed by atoms with van der Waals surface area (Å²) in [6, 6.07) is 11.1. The van der Waals surface area contributed by atoms with Crippen LogP contribution in [0, 0.1) is 11.3 Å². The van der Waals surface area contributed by atoms with Gasteiger partial charge in [0.2, 0.25) is 0 Å². The van der Waals surface area contributed by atoms with Gasteiger partial charge in [0.15, 0.2) is 5.69 Å². The normalized spacial score (nSPS) is 17.0. The third-order valence-electron chi connectivity index (χ3n) is 4.22. The fraction of sp³-hybridized carbons (Fsp3) is 0.421. The maximum absolute atomic E-state index is 12.1. The van der Waals surface area contributed by atoms with Crippen molar-refractivity contribution in [3.8, 4) is 17.3 Å². The number of aromatic nitrogens is 2. The van der Waals surface area contributed by atoms with Gasteiger partial charge in [0.05, 0.1) is 36.6 Å². The zero-order chi connectivity index (χ0) is 17.6. The Morgan fingerprint density at radius 2 is 2.20 bits per heavy atom. The molecule has 1 saturated heterocycles. The van der Waals surface area contributed by atoms with Crippen LogP contribution in [0.1, 0.15) is 42.2 Å². The summed E-state index contributed by atoms with van der Waals surface area (Å²) in [4.78, 5) is 12.1. The van der Waals surface area contributed by atoms with Gasteiger partial charge < -0.3 is 9.47 Å². The van der Waals surface area contributed by atoms with Crippen LogP contribution in [0.15, 0.2) is 30.3 Å². The molecule has 2 aromatic rings. The molecule has 0 spiro atoms. The molecule has 2 heterocycles. The number of ether oxygens (including phenoxy) is 2. The third kappa shape index (κ3) is 4.06. The van der Waals surface area contributed by atoms with Gasteiger partial charge >= 0.3 is 5.97 Å². The van der Waals surface area contributed by atoms with Crippen molar-refractivity contribution in [2.24, 2.45) is 0 Å². The fourth-order valence-corrected chi connectivity index (χ4v) is 2.95. The van der Waals surface area contributed by atoms with Crippen LogP contribution >= 0.6 is 0 Å². The topological polar surface area (TPSA) is 77.1 Å².